The van der Waals surface area contributed by atoms with Crippen molar-refractivity contribution in [1.82, 2.24) is 4.90 Å². The van der Waals surface area contributed by atoms with Gasteiger partial charge in [0.2, 0.25) is 0 Å². The average Bonchev–Trinajstić information content (AvgIpc) is 3.11. The number of carbonyl (C=O) groups excluding carboxylic acids is 2. The van der Waals surface area contributed by atoms with E-state index in [0.29, 0.717) is 21.5 Å². The summed E-state index contributed by atoms with van der Waals surface area (Å²) in [6.07, 6.45) is 0. The van der Waals surface area contributed by atoms with Gasteiger partial charge in [0.1, 0.15) is 11.4 Å². The molecule has 0 radical (unpaired) electrons. The highest BCUT2D eigenvalue weighted by Gasteiger charge is 2.53. The van der Waals surface area contributed by atoms with Crippen LogP contribution in [0.3, 0.4) is 0 Å². The quantitative estimate of drug-likeness (QED) is 0.718. The minimum absolute atomic E-state index is 0.180. The number of benzene rings is 2. The van der Waals surface area contributed by atoms with Gasteiger partial charge in [-0.3, -0.25) is 9.69 Å². The monoisotopic (exact) mass is 378 g/mol. The molecule has 2 atom stereocenters. The molecule has 4 nitrogen and oxygen atoms in total. The van der Waals surface area contributed by atoms with Gasteiger partial charge in [0.05, 0.1) is 5.69 Å². The van der Waals surface area contributed by atoms with E-state index >= 15 is 0 Å². The maximum Gasteiger partial charge on any atom is 0.333 e. The standard InChI is InChI=1S/C17H12Cl2N2O2S/c18-11-3-1-10(2-4-11)16-21-14(9-24-16)15(22)20(17(21)23)13-7-5-12(19)6-8-13/h1-8,14,16H,9H2. The fourth-order valence-corrected chi connectivity index (χ4v) is 4.67. The van der Waals surface area contributed by atoms with Crippen LogP contribution in [0.1, 0.15) is 10.9 Å². The number of anilines is 1. The van der Waals surface area contributed by atoms with Crippen molar-refractivity contribution in [3.63, 3.8) is 0 Å². The summed E-state index contributed by atoms with van der Waals surface area (Å²) in [5.74, 6) is 0.397. The van der Waals surface area contributed by atoms with Gasteiger partial charge in [0, 0.05) is 15.8 Å². The van der Waals surface area contributed by atoms with E-state index in [9.17, 15) is 9.59 Å². The number of halogens is 2. The zero-order chi connectivity index (χ0) is 16.8. The van der Waals surface area contributed by atoms with Crippen molar-refractivity contribution in [2.45, 2.75) is 11.4 Å². The predicted octanol–water partition coefficient (Wildman–Crippen LogP) is 4.58. The van der Waals surface area contributed by atoms with Crippen molar-refractivity contribution in [2.75, 3.05) is 10.7 Å². The normalized spacial score (nSPS) is 23.1. The first-order chi connectivity index (χ1) is 11.6. The highest BCUT2D eigenvalue weighted by Crippen LogP contribution is 2.46. The first-order valence-electron chi connectivity index (χ1n) is 7.35. The average molecular weight is 379 g/mol. The maximum atomic E-state index is 12.9. The first kappa shape index (κ1) is 15.8. The summed E-state index contributed by atoms with van der Waals surface area (Å²) in [5.41, 5.74) is 1.51. The lowest BCUT2D eigenvalue weighted by atomic mass is 10.2. The van der Waals surface area contributed by atoms with Gasteiger partial charge >= 0.3 is 6.03 Å². The summed E-state index contributed by atoms with van der Waals surface area (Å²) in [6, 6.07) is 13.4. The number of nitrogens with zero attached hydrogens (tertiary/aromatic N) is 2. The minimum Gasteiger partial charge on any atom is -0.295 e. The third kappa shape index (κ3) is 2.48. The van der Waals surface area contributed by atoms with Crippen LogP contribution in [0, 0.1) is 0 Å². The van der Waals surface area contributed by atoms with Crippen molar-refractivity contribution in [2.24, 2.45) is 0 Å². The minimum atomic E-state index is -0.432. The van der Waals surface area contributed by atoms with Crippen molar-refractivity contribution >= 4 is 52.6 Å². The zero-order valence-corrected chi connectivity index (χ0v) is 14.7. The molecule has 2 heterocycles. The molecule has 0 bridgehead atoms. The molecule has 0 aliphatic carbocycles. The van der Waals surface area contributed by atoms with Crippen LogP contribution in [0.2, 0.25) is 10.0 Å². The molecular formula is C17H12Cl2N2O2S. The van der Waals surface area contributed by atoms with Crippen LogP contribution < -0.4 is 4.90 Å². The van der Waals surface area contributed by atoms with E-state index in [1.165, 1.54) is 4.90 Å². The Labute approximate surface area is 153 Å². The van der Waals surface area contributed by atoms with Crippen LogP contribution in [0.5, 0.6) is 0 Å². The van der Waals surface area contributed by atoms with Gasteiger partial charge in [0.25, 0.3) is 5.91 Å². The van der Waals surface area contributed by atoms with Crippen molar-refractivity contribution in [3.05, 3.63) is 64.1 Å². The Kier molecular flexibility index (Phi) is 3.95. The van der Waals surface area contributed by atoms with Gasteiger partial charge in [-0.1, -0.05) is 35.3 Å². The topological polar surface area (TPSA) is 40.6 Å². The fraction of sp³-hybridized carbons (Fsp3) is 0.176. The van der Waals surface area contributed by atoms with Crippen LogP contribution in [0.15, 0.2) is 48.5 Å². The number of imide groups is 1. The molecule has 0 aromatic heterocycles. The molecule has 2 aromatic carbocycles. The Morgan fingerprint density at radius 3 is 2.12 bits per heavy atom. The van der Waals surface area contributed by atoms with E-state index in [2.05, 4.69) is 0 Å². The number of fused-ring (bicyclic) bond motifs is 1. The Balaban J connectivity index is 1.67. The molecule has 0 spiro atoms. The SMILES string of the molecule is O=C1C2CSC(c3ccc(Cl)cc3)N2C(=O)N1c1ccc(Cl)cc1. The van der Waals surface area contributed by atoms with E-state index in [4.69, 9.17) is 23.2 Å². The molecule has 2 aliphatic rings. The number of thioether (sulfide) groups is 1. The van der Waals surface area contributed by atoms with E-state index in [1.807, 2.05) is 12.1 Å². The Hall–Kier alpha value is -1.69. The molecule has 2 aromatic rings. The number of carbonyl (C=O) groups is 2. The van der Waals surface area contributed by atoms with Gasteiger partial charge in [-0.15, -0.1) is 11.8 Å². The maximum absolute atomic E-state index is 12.9. The van der Waals surface area contributed by atoms with Crippen molar-refractivity contribution in [3.8, 4) is 0 Å². The third-order valence-electron chi connectivity index (χ3n) is 4.16. The summed E-state index contributed by atoms with van der Waals surface area (Å²) in [6.45, 7) is 0. The summed E-state index contributed by atoms with van der Waals surface area (Å²) >= 11 is 13.4. The van der Waals surface area contributed by atoms with Gasteiger partial charge < -0.3 is 0 Å². The van der Waals surface area contributed by atoms with Crippen molar-refractivity contribution < 1.29 is 9.59 Å². The Bertz CT molecular complexity index is 810. The molecule has 2 aliphatic heterocycles. The highest BCUT2D eigenvalue weighted by atomic mass is 35.5. The molecule has 3 amide bonds. The molecule has 24 heavy (non-hydrogen) atoms. The lowest BCUT2D eigenvalue weighted by molar-refractivity contribution is -0.119. The molecule has 2 unspecified atom stereocenters. The number of amides is 3. The first-order valence-corrected chi connectivity index (χ1v) is 9.15. The molecule has 122 valence electrons. The second-order valence-electron chi connectivity index (χ2n) is 5.59. The van der Waals surface area contributed by atoms with Gasteiger partial charge in [-0.05, 0) is 42.0 Å². The van der Waals surface area contributed by atoms with Crippen LogP contribution in [0.25, 0.3) is 0 Å². The predicted molar refractivity (Wildman–Crippen MR) is 96.6 cm³/mol. The van der Waals surface area contributed by atoms with Crippen LogP contribution in [0.4, 0.5) is 10.5 Å². The van der Waals surface area contributed by atoms with Gasteiger partial charge in [0.15, 0.2) is 0 Å². The van der Waals surface area contributed by atoms with Crippen molar-refractivity contribution in [1.29, 1.82) is 0 Å². The van der Waals surface area contributed by atoms with E-state index < -0.39 is 6.04 Å². The lowest BCUT2D eigenvalue weighted by Crippen LogP contribution is -2.33. The molecule has 0 saturated carbocycles. The lowest BCUT2D eigenvalue weighted by Gasteiger charge is -2.23. The molecule has 2 saturated heterocycles. The van der Waals surface area contributed by atoms with E-state index in [1.54, 1.807) is 53.1 Å². The Morgan fingerprint density at radius 1 is 0.917 bits per heavy atom. The largest absolute Gasteiger partial charge is 0.333 e. The highest BCUT2D eigenvalue weighted by molar-refractivity contribution is 7.99. The molecule has 0 N–H and O–H groups in total. The molecular weight excluding hydrogens is 367 g/mol. The second-order valence-corrected chi connectivity index (χ2v) is 7.58. The van der Waals surface area contributed by atoms with E-state index in [0.717, 1.165) is 5.56 Å². The van der Waals surface area contributed by atoms with Crippen LogP contribution in [-0.4, -0.2) is 28.6 Å². The summed E-state index contributed by atoms with van der Waals surface area (Å²) in [5, 5.41) is 1.03. The van der Waals surface area contributed by atoms with Gasteiger partial charge in [-0.25, -0.2) is 9.69 Å². The Morgan fingerprint density at radius 2 is 1.50 bits per heavy atom. The van der Waals surface area contributed by atoms with Crippen LogP contribution >= 0.6 is 35.0 Å². The van der Waals surface area contributed by atoms with Crippen LogP contribution in [-0.2, 0) is 4.79 Å². The molecule has 4 rings (SSSR count). The number of hydrogen-bond acceptors (Lipinski definition) is 3. The fourth-order valence-electron chi connectivity index (χ4n) is 3.00. The summed E-state index contributed by atoms with van der Waals surface area (Å²) in [7, 11) is 0. The molecule has 7 heteroatoms. The smallest absolute Gasteiger partial charge is 0.295 e. The summed E-state index contributed by atoms with van der Waals surface area (Å²) in [4.78, 5) is 28.5. The van der Waals surface area contributed by atoms with E-state index in [-0.39, 0.29) is 17.3 Å². The number of urea groups is 1. The second kappa shape index (κ2) is 5.99. The zero-order valence-electron chi connectivity index (χ0n) is 12.4. The number of rotatable bonds is 2. The number of hydrogen-bond donors (Lipinski definition) is 0. The molecule has 2 fully saturated rings. The van der Waals surface area contributed by atoms with Gasteiger partial charge in [-0.2, -0.15) is 0 Å². The summed E-state index contributed by atoms with van der Waals surface area (Å²) < 4.78 is 0. The third-order valence-corrected chi connectivity index (χ3v) is 5.99.